The third-order valence-corrected chi connectivity index (χ3v) is 3.64. The first-order valence-electron chi connectivity index (χ1n) is 4.89. The molecule has 0 aliphatic carbocycles. The van der Waals surface area contributed by atoms with Crippen LogP contribution in [0.5, 0.6) is 0 Å². The van der Waals surface area contributed by atoms with Gasteiger partial charge < -0.3 is 4.90 Å². The Hall–Kier alpha value is -0.900. The Kier molecular flexibility index (Phi) is 2.54. The van der Waals surface area contributed by atoms with Crippen LogP contribution in [0.25, 0.3) is 0 Å². The lowest BCUT2D eigenvalue weighted by Gasteiger charge is -2.22. The summed E-state index contributed by atoms with van der Waals surface area (Å²) >= 11 is 1.47. The molecule has 14 heavy (non-hydrogen) atoms. The van der Waals surface area contributed by atoms with Gasteiger partial charge in [-0.15, -0.1) is 11.3 Å². The lowest BCUT2D eigenvalue weighted by molar-refractivity contribution is 0.0730. The van der Waals surface area contributed by atoms with E-state index in [4.69, 9.17) is 0 Å². The Morgan fingerprint density at radius 1 is 1.64 bits per heavy atom. The van der Waals surface area contributed by atoms with Crippen LogP contribution in [0.3, 0.4) is 0 Å². The summed E-state index contributed by atoms with van der Waals surface area (Å²) in [6.07, 6.45) is 1.11. The number of carbonyl (C=O) groups is 1. The molecule has 0 bridgehead atoms. The van der Waals surface area contributed by atoms with E-state index in [1.54, 1.807) is 5.51 Å². The van der Waals surface area contributed by atoms with Gasteiger partial charge in [0.15, 0.2) is 0 Å². The summed E-state index contributed by atoms with van der Waals surface area (Å²) in [5, 5.41) is 1.82. The molecule has 3 nitrogen and oxygen atoms in total. The second-order valence-corrected chi connectivity index (χ2v) is 4.60. The van der Waals surface area contributed by atoms with Crippen molar-refractivity contribution in [2.24, 2.45) is 5.92 Å². The summed E-state index contributed by atoms with van der Waals surface area (Å²) in [5.41, 5.74) is 2.30. The number of hydrogen-bond donors (Lipinski definition) is 0. The van der Waals surface area contributed by atoms with E-state index >= 15 is 0 Å². The van der Waals surface area contributed by atoms with Crippen LogP contribution in [0.15, 0.2) is 10.9 Å². The van der Waals surface area contributed by atoms with Crippen molar-refractivity contribution in [1.29, 1.82) is 0 Å². The standard InChI is InChI=1S/C10H14N2OS/c1-7-3-4-12(8(7)2)10(13)9-5-14-6-11-9/h5-8H,3-4H2,1-2H3. The Bertz CT molecular complexity index is 323. The molecule has 1 aliphatic rings. The highest BCUT2D eigenvalue weighted by molar-refractivity contribution is 7.07. The molecule has 0 spiro atoms. The molecule has 2 rings (SSSR count). The van der Waals surface area contributed by atoms with Crippen LogP contribution in [-0.2, 0) is 0 Å². The third kappa shape index (κ3) is 1.54. The molecule has 1 aliphatic heterocycles. The molecule has 1 aromatic rings. The quantitative estimate of drug-likeness (QED) is 0.710. The number of hydrogen-bond acceptors (Lipinski definition) is 3. The molecule has 2 heterocycles. The van der Waals surface area contributed by atoms with E-state index in [-0.39, 0.29) is 5.91 Å². The van der Waals surface area contributed by atoms with Gasteiger partial charge in [0, 0.05) is 18.0 Å². The number of likely N-dealkylation sites (tertiary alicyclic amines) is 1. The molecule has 1 fully saturated rings. The number of thiazole rings is 1. The van der Waals surface area contributed by atoms with Crippen molar-refractivity contribution in [3.8, 4) is 0 Å². The van der Waals surface area contributed by atoms with Crippen molar-refractivity contribution in [3.63, 3.8) is 0 Å². The molecule has 2 atom stereocenters. The van der Waals surface area contributed by atoms with Gasteiger partial charge in [0.25, 0.3) is 5.91 Å². The molecule has 0 saturated carbocycles. The Labute approximate surface area is 87.8 Å². The molecule has 0 N–H and O–H groups in total. The van der Waals surface area contributed by atoms with E-state index < -0.39 is 0 Å². The largest absolute Gasteiger partial charge is 0.334 e. The van der Waals surface area contributed by atoms with Gasteiger partial charge in [0.05, 0.1) is 5.51 Å². The van der Waals surface area contributed by atoms with Crippen molar-refractivity contribution < 1.29 is 4.79 Å². The highest BCUT2D eigenvalue weighted by atomic mass is 32.1. The fraction of sp³-hybridized carbons (Fsp3) is 0.600. The number of rotatable bonds is 1. The maximum atomic E-state index is 11.9. The average Bonchev–Trinajstić information content (AvgIpc) is 2.77. The van der Waals surface area contributed by atoms with Crippen LogP contribution >= 0.6 is 11.3 Å². The normalized spacial score (nSPS) is 26.9. The summed E-state index contributed by atoms with van der Waals surface area (Å²) in [4.78, 5) is 17.9. The van der Waals surface area contributed by atoms with Crippen molar-refractivity contribution in [3.05, 3.63) is 16.6 Å². The smallest absolute Gasteiger partial charge is 0.273 e. The Morgan fingerprint density at radius 2 is 2.43 bits per heavy atom. The second kappa shape index (κ2) is 3.69. The van der Waals surface area contributed by atoms with Crippen LogP contribution in [0.2, 0.25) is 0 Å². The molecule has 2 unspecified atom stereocenters. The molecule has 4 heteroatoms. The highest BCUT2D eigenvalue weighted by Crippen LogP contribution is 2.24. The number of aromatic nitrogens is 1. The SMILES string of the molecule is CC1CCN(C(=O)c2cscn2)C1C. The average molecular weight is 210 g/mol. The molecule has 1 amide bonds. The van der Waals surface area contributed by atoms with Gasteiger partial charge in [-0.3, -0.25) is 4.79 Å². The third-order valence-electron chi connectivity index (χ3n) is 3.05. The van der Waals surface area contributed by atoms with Crippen LogP contribution < -0.4 is 0 Å². The number of nitrogens with zero attached hydrogens (tertiary/aromatic N) is 2. The van der Waals surface area contributed by atoms with Gasteiger partial charge in [-0.25, -0.2) is 4.98 Å². The molecule has 76 valence electrons. The first-order chi connectivity index (χ1) is 6.70. The number of amides is 1. The molecule has 1 saturated heterocycles. The fourth-order valence-electron chi connectivity index (χ4n) is 1.85. The van der Waals surface area contributed by atoms with Crippen LogP contribution in [0, 0.1) is 5.92 Å². The topological polar surface area (TPSA) is 33.2 Å². The number of carbonyl (C=O) groups excluding carboxylic acids is 1. The highest BCUT2D eigenvalue weighted by Gasteiger charge is 2.31. The zero-order chi connectivity index (χ0) is 10.1. The molecule has 1 aromatic heterocycles. The van der Waals surface area contributed by atoms with Gasteiger partial charge in [-0.05, 0) is 19.3 Å². The zero-order valence-electron chi connectivity index (χ0n) is 8.43. The van der Waals surface area contributed by atoms with E-state index in [9.17, 15) is 4.79 Å². The molecule has 0 radical (unpaired) electrons. The minimum absolute atomic E-state index is 0.0862. The van der Waals surface area contributed by atoms with Gasteiger partial charge in [-0.2, -0.15) is 0 Å². The molecule has 0 aromatic carbocycles. The van der Waals surface area contributed by atoms with Gasteiger partial charge in [0.2, 0.25) is 0 Å². The van der Waals surface area contributed by atoms with Gasteiger partial charge >= 0.3 is 0 Å². The van der Waals surface area contributed by atoms with Crippen LogP contribution in [-0.4, -0.2) is 28.4 Å². The molecular weight excluding hydrogens is 196 g/mol. The van der Waals surface area contributed by atoms with E-state index in [1.807, 2.05) is 10.3 Å². The maximum absolute atomic E-state index is 11.9. The van der Waals surface area contributed by atoms with Crippen molar-refractivity contribution in [1.82, 2.24) is 9.88 Å². The van der Waals surface area contributed by atoms with Crippen molar-refractivity contribution >= 4 is 17.2 Å². The Morgan fingerprint density at radius 3 is 2.93 bits per heavy atom. The summed E-state index contributed by atoms with van der Waals surface area (Å²) < 4.78 is 0. The van der Waals surface area contributed by atoms with E-state index in [0.717, 1.165) is 13.0 Å². The minimum Gasteiger partial charge on any atom is -0.334 e. The lowest BCUT2D eigenvalue weighted by atomic mass is 10.1. The summed E-state index contributed by atoms with van der Waals surface area (Å²) in [6, 6.07) is 0.351. The summed E-state index contributed by atoms with van der Waals surface area (Å²) in [5.74, 6) is 0.695. The van der Waals surface area contributed by atoms with Gasteiger partial charge in [0.1, 0.15) is 5.69 Å². The summed E-state index contributed by atoms with van der Waals surface area (Å²) in [6.45, 7) is 5.18. The van der Waals surface area contributed by atoms with Crippen LogP contribution in [0.4, 0.5) is 0 Å². The minimum atomic E-state index is 0.0862. The van der Waals surface area contributed by atoms with E-state index in [1.165, 1.54) is 11.3 Å². The first kappa shape index (κ1) is 9.65. The fourth-order valence-corrected chi connectivity index (χ4v) is 2.37. The van der Waals surface area contributed by atoms with Crippen LogP contribution in [0.1, 0.15) is 30.8 Å². The first-order valence-corrected chi connectivity index (χ1v) is 5.83. The second-order valence-electron chi connectivity index (χ2n) is 3.88. The monoisotopic (exact) mass is 210 g/mol. The van der Waals surface area contributed by atoms with E-state index in [2.05, 4.69) is 18.8 Å². The predicted molar refractivity (Wildman–Crippen MR) is 56.4 cm³/mol. The lowest BCUT2D eigenvalue weighted by Crippen LogP contribution is -2.35. The predicted octanol–water partition coefficient (Wildman–Crippen LogP) is 2.01. The summed E-state index contributed by atoms with van der Waals surface area (Å²) in [7, 11) is 0. The molecular formula is C10H14N2OS. The van der Waals surface area contributed by atoms with Crippen molar-refractivity contribution in [2.75, 3.05) is 6.54 Å². The Balaban J connectivity index is 2.13. The van der Waals surface area contributed by atoms with E-state index in [0.29, 0.717) is 17.7 Å². The van der Waals surface area contributed by atoms with Crippen molar-refractivity contribution in [2.45, 2.75) is 26.3 Å². The maximum Gasteiger partial charge on any atom is 0.273 e. The van der Waals surface area contributed by atoms with Gasteiger partial charge in [-0.1, -0.05) is 6.92 Å². The zero-order valence-corrected chi connectivity index (χ0v) is 9.25.